The van der Waals surface area contributed by atoms with Gasteiger partial charge in [0.1, 0.15) is 11.8 Å². The van der Waals surface area contributed by atoms with Crippen LogP contribution in [0, 0.1) is 0 Å². The van der Waals surface area contributed by atoms with Crippen molar-refractivity contribution in [1.82, 2.24) is 5.32 Å². The molecule has 0 fully saturated rings. The lowest BCUT2D eigenvalue weighted by Gasteiger charge is -2.10. The molecule has 0 saturated heterocycles. The molecular formula is C15H18N2O2S. The van der Waals surface area contributed by atoms with Crippen LogP contribution in [0.1, 0.15) is 16.5 Å². The second kappa shape index (κ2) is 7.07. The minimum atomic E-state index is -0.578. The van der Waals surface area contributed by atoms with Crippen LogP contribution in [0.5, 0.6) is 5.75 Å². The molecule has 1 unspecified atom stereocenters. The Bertz CT molecular complexity index is 538. The Balaban J connectivity index is 1.78. The fraction of sp³-hybridized carbons (Fsp3) is 0.267. The predicted octanol–water partition coefficient (Wildman–Crippen LogP) is 2.12. The molecule has 5 heteroatoms. The van der Waals surface area contributed by atoms with Gasteiger partial charge in [0.05, 0.1) is 7.11 Å². The number of methoxy groups -OCH3 is 1. The van der Waals surface area contributed by atoms with E-state index in [4.69, 9.17) is 10.5 Å². The topological polar surface area (TPSA) is 64.3 Å². The Labute approximate surface area is 122 Å². The second-order valence-corrected chi connectivity index (χ2v) is 5.36. The van der Waals surface area contributed by atoms with Crippen molar-refractivity contribution in [3.63, 3.8) is 0 Å². The maximum Gasteiger partial charge on any atom is 0.242 e. The predicted molar refractivity (Wildman–Crippen MR) is 81.0 cm³/mol. The Morgan fingerprint density at radius 2 is 2.10 bits per heavy atom. The molecule has 3 N–H and O–H groups in total. The molecule has 1 aromatic carbocycles. The van der Waals surface area contributed by atoms with E-state index in [1.807, 2.05) is 41.8 Å². The van der Waals surface area contributed by atoms with Crippen LogP contribution in [0.2, 0.25) is 0 Å². The highest BCUT2D eigenvalue weighted by atomic mass is 32.1. The smallest absolute Gasteiger partial charge is 0.242 e. The van der Waals surface area contributed by atoms with E-state index >= 15 is 0 Å². The number of benzene rings is 1. The number of hydrogen-bond acceptors (Lipinski definition) is 4. The highest BCUT2D eigenvalue weighted by molar-refractivity contribution is 7.10. The first-order chi connectivity index (χ1) is 9.70. The summed E-state index contributed by atoms with van der Waals surface area (Å²) >= 11 is 1.49. The average molecular weight is 290 g/mol. The summed E-state index contributed by atoms with van der Waals surface area (Å²) in [7, 11) is 1.64. The van der Waals surface area contributed by atoms with Gasteiger partial charge in [-0.2, -0.15) is 0 Å². The standard InChI is InChI=1S/C15H18N2O2S/c1-19-12-6-4-11(5-7-12)8-9-17-15(18)14(16)13-3-2-10-20-13/h2-7,10,14H,8-9,16H2,1H3,(H,17,18). The number of nitrogens with two attached hydrogens (primary N) is 1. The third-order valence-corrected chi connectivity index (χ3v) is 3.96. The molecule has 0 radical (unpaired) electrons. The van der Waals surface area contributed by atoms with Gasteiger partial charge in [0, 0.05) is 11.4 Å². The van der Waals surface area contributed by atoms with Crippen LogP contribution in [0.4, 0.5) is 0 Å². The van der Waals surface area contributed by atoms with Gasteiger partial charge in [-0.05, 0) is 35.6 Å². The quantitative estimate of drug-likeness (QED) is 0.856. The minimum absolute atomic E-state index is 0.138. The van der Waals surface area contributed by atoms with Gasteiger partial charge in [0.25, 0.3) is 0 Å². The molecule has 2 aromatic rings. The average Bonchev–Trinajstić information content (AvgIpc) is 3.01. The Morgan fingerprint density at radius 1 is 1.35 bits per heavy atom. The number of ether oxygens (including phenoxy) is 1. The zero-order chi connectivity index (χ0) is 14.4. The highest BCUT2D eigenvalue weighted by Crippen LogP contribution is 2.16. The van der Waals surface area contributed by atoms with Gasteiger partial charge >= 0.3 is 0 Å². The molecule has 106 valence electrons. The summed E-state index contributed by atoms with van der Waals surface area (Å²) in [5, 5.41) is 4.78. The van der Waals surface area contributed by atoms with Crippen molar-refractivity contribution in [2.45, 2.75) is 12.5 Å². The molecule has 4 nitrogen and oxygen atoms in total. The molecule has 0 aliphatic heterocycles. The number of thiophene rings is 1. The molecule has 20 heavy (non-hydrogen) atoms. The molecule has 0 aliphatic rings. The SMILES string of the molecule is COc1ccc(CCNC(=O)C(N)c2cccs2)cc1. The van der Waals surface area contributed by atoms with Crippen LogP contribution in [-0.2, 0) is 11.2 Å². The Kier molecular flexibility index (Phi) is 5.15. The van der Waals surface area contributed by atoms with E-state index in [0.717, 1.165) is 22.6 Å². The maximum atomic E-state index is 11.9. The van der Waals surface area contributed by atoms with Crippen molar-refractivity contribution in [1.29, 1.82) is 0 Å². The van der Waals surface area contributed by atoms with E-state index < -0.39 is 6.04 Å². The fourth-order valence-electron chi connectivity index (χ4n) is 1.83. The monoisotopic (exact) mass is 290 g/mol. The molecule has 0 spiro atoms. The van der Waals surface area contributed by atoms with Crippen molar-refractivity contribution in [3.05, 3.63) is 52.2 Å². The number of carbonyl (C=O) groups is 1. The summed E-state index contributed by atoms with van der Waals surface area (Å²) in [4.78, 5) is 12.8. The van der Waals surface area contributed by atoms with E-state index in [2.05, 4.69) is 5.32 Å². The van der Waals surface area contributed by atoms with Crippen LogP contribution in [0.3, 0.4) is 0 Å². The molecule has 1 aromatic heterocycles. The van der Waals surface area contributed by atoms with Crippen molar-refractivity contribution in [2.75, 3.05) is 13.7 Å². The van der Waals surface area contributed by atoms with Gasteiger partial charge in [-0.1, -0.05) is 18.2 Å². The van der Waals surface area contributed by atoms with E-state index in [1.54, 1.807) is 7.11 Å². The normalized spacial score (nSPS) is 11.9. The van der Waals surface area contributed by atoms with E-state index in [-0.39, 0.29) is 5.91 Å². The number of hydrogen-bond donors (Lipinski definition) is 2. The summed E-state index contributed by atoms with van der Waals surface area (Å²) < 4.78 is 5.10. The second-order valence-electron chi connectivity index (χ2n) is 4.38. The van der Waals surface area contributed by atoms with Crippen molar-refractivity contribution >= 4 is 17.2 Å². The number of rotatable bonds is 6. The first kappa shape index (κ1) is 14.6. The van der Waals surface area contributed by atoms with Crippen LogP contribution < -0.4 is 15.8 Å². The van der Waals surface area contributed by atoms with Gasteiger partial charge < -0.3 is 15.8 Å². The van der Waals surface area contributed by atoms with Crippen LogP contribution in [0.15, 0.2) is 41.8 Å². The van der Waals surface area contributed by atoms with E-state index in [0.29, 0.717) is 6.54 Å². The highest BCUT2D eigenvalue weighted by Gasteiger charge is 2.15. The Morgan fingerprint density at radius 3 is 2.70 bits per heavy atom. The number of amides is 1. The van der Waals surface area contributed by atoms with E-state index in [1.165, 1.54) is 11.3 Å². The fourth-order valence-corrected chi connectivity index (χ4v) is 2.55. The zero-order valence-corrected chi connectivity index (χ0v) is 12.2. The maximum absolute atomic E-state index is 11.9. The van der Waals surface area contributed by atoms with Gasteiger partial charge in [-0.3, -0.25) is 4.79 Å². The summed E-state index contributed by atoms with van der Waals surface area (Å²) in [6, 6.07) is 11.0. The molecule has 1 atom stereocenters. The van der Waals surface area contributed by atoms with Crippen molar-refractivity contribution in [3.8, 4) is 5.75 Å². The lowest BCUT2D eigenvalue weighted by molar-refractivity contribution is -0.122. The third-order valence-electron chi connectivity index (χ3n) is 3.00. The summed E-state index contributed by atoms with van der Waals surface area (Å²) in [5.74, 6) is 0.693. The number of carbonyl (C=O) groups excluding carboxylic acids is 1. The summed E-state index contributed by atoms with van der Waals surface area (Å²) in [5.41, 5.74) is 7.03. The molecule has 0 saturated carbocycles. The first-order valence-corrected chi connectivity index (χ1v) is 7.28. The summed E-state index contributed by atoms with van der Waals surface area (Å²) in [6.07, 6.45) is 0.771. The summed E-state index contributed by atoms with van der Waals surface area (Å²) in [6.45, 7) is 0.574. The zero-order valence-electron chi connectivity index (χ0n) is 11.3. The van der Waals surface area contributed by atoms with Crippen LogP contribution >= 0.6 is 11.3 Å². The van der Waals surface area contributed by atoms with Gasteiger partial charge in [0.15, 0.2) is 0 Å². The Hall–Kier alpha value is -1.85. The van der Waals surface area contributed by atoms with Gasteiger partial charge in [0.2, 0.25) is 5.91 Å². The number of nitrogens with one attached hydrogen (secondary N) is 1. The molecular weight excluding hydrogens is 272 g/mol. The lowest BCUT2D eigenvalue weighted by Crippen LogP contribution is -2.34. The van der Waals surface area contributed by atoms with Crippen LogP contribution in [0.25, 0.3) is 0 Å². The molecule has 0 aliphatic carbocycles. The molecule has 1 amide bonds. The van der Waals surface area contributed by atoms with Gasteiger partial charge in [-0.15, -0.1) is 11.3 Å². The third kappa shape index (κ3) is 3.82. The molecule has 2 rings (SSSR count). The lowest BCUT2D eigenvalue weighted by atomic mass is 10.1. The first-order valence-electron chi connectivity index (χ1n) is 6.40. The molecule has 1 heterocycles. The molecule has 0 bridgehead atoms. The van der Waals surface area contributed by atoms with Crippen LogP contribution in [-0.4, -0.2) is 19.6 Å². The van der Waals surface area contributed by atoms with E-state index in [9.17, 15) is 4.79 Å². The largest absolute Gasteiger partial charge is 0.497 e. The minimum Gasteiger partial charge on any atom is -0.497 e. The van der Waals surface area contributed by atoms with Crippen molar-refractivity contribution < 1.29 is 9.53 Å². The van der Waals surface area contributed by atoms with Crippen molar-refractivity contribution in [2.24, 2.45) is 5.73 Å². The van der Waals surface area contributed by atoms with Gasteiger partial charge in [-0.25, -0.2) is 0 Å².